The first-order valence-corrected chi connectivity index (χ1v) is 11.6. The first kappa shape index (κ1) is 21.7. The van der Waals surface area contributed by atoms with Gasteiger partial charge in [-0.25, -0.2) is 4.39 Å². The highest BCUT2D eigenvalue weighted by Crippen LogP contribution is 2.30. The molecule has 2 heterocycles. The molecule has 0 aliphatic carbocycles. The second-order valence-electron chi connectivity index (χ2n) is 6.88. The lowest BCUT2D eigenvalue weighted by atomic mass is 10.2. The average Bonchev–Trinajstić information content (AvgIpc) is 3.41. The smallest absolute Gasteiger partial charge is 0.225 e. The van der Waals surface area contributed by atoms with Gasteiger partial charge < -0.3 is 5.32 Å². The number of thiophene rings is 1. The molecule has 0 aliphatic heterocycles. The van der Waals surface area contributed by atoms with Crippen molar-refractivity contribution in [2.24, 2.45) is 0 Å². The van der Waals surface area contributed by atoms with Crippen molar-refractivity contribution < 1.29 is 9.18 Å². The third kappa shape index (κ3) is 4.72. The van der Waals surface area contributed by atoms with E-state index >= 15 is 0 Å². The first-order chi connectivity index (χ1) is 15.6. The summed E-state index contributed by atoms with van der Waals surface area (Å²) < 4.78 is 16.3. The third-order valence-electron chi connectivity index (χ3n) is 4.64. The molecule has 0 bridgehead atoms. The number of benzene rings is 2. The van der Waals surface area contributed by atoms with Crippen LogP contribution in [-0.4, -0.2) is 26.4 Å². The summed E-state index contributed by atoms with van der Waals surface area (Å²) in [5.74, 6) is 0.275. The minimum atomic E-state index is -0.381. The number of amides is 1. The van der Waals surface area contributed by atoms with Crippen LogP contribution in [0, 0.1) is 24.1 Å². The molecule has 0 atom stereocenters. The van der Waals surface area contributed by atoms with Crippen LogP contribution in [0.1, 0.15) is 17.5 Å². The lowest BCUT2D eigenvalue weighted by Crippen LogP contribution is -2.12. The number of rotatable bonds is 7. The fourth-order valence-electron chi connectivity index (χ4n) is 3.03. The van der Waals surface area contributed by atoms with E-state index in [4.69, 9.17) is 5.26 Å². The van der Waals surface area contributed by atoms with Crippen LogP contribution in [0.4, 0.5) is 9.39 Å². The minimum absolute atomic E-state index is 0.188. The van der Waals surface area contributed by atoms with Gasteiger partial charge >= 0.3 is 0 Å². The Kier molecular flexibility index (Phi) is 6.63. The normalized spacial score (nSPS) is 10.7. The Labute approximate surface area is 192 Å². The third-order valence-corrected chi connectivity index (χ3v) is 6.40. The van der Waals surface area contributed by atoms with Gasteiger partial charge in [0.25, 0.3) is 0 Å². The Bertz CT molecular complexity index is 1290. The number of nitrogens with zero attached hydrogens (tertiary/aromatic N) is 4. The zero-order valence-corrected chi connectivity index (χ0v) is 18.7. The molecule has 0 saturated heterocycles. The molecule has 1 N–H and O–H groups in total. The Morgan fingerprint density at radius 1 is 1.19 bits per heavy atom. The second-order valence-corrected chi connectivity index (χ2v) is 8.86. The monoisotopic (exact) mass is 463 g/mol. The molecule has 0 fully saturated rings. The van der Waals surface area contributed by atoms with E-state index in [9.17, 15) is 9.18 Å². The predicted octanol–water partition coefficient (Wildman–Crippen LogP) is 5.44. The number of hydrogen-bond donors (Lipinski definition) is 1. The number of carbonyl (C=O) groups excluding carboxylic acids is 1. The van der Waals surface area contributed by atoms with Crippen molar-refractivity contribution in [2.45, 2.75) is 18.5 Å². The van der Waals surface area contributed by atoms with Crippen LogP contribution in [-0.2, 0) is 4.79 Å². The number of aryl methyl sites for hydroxylation is 1. The van der Waals surface area contributed by atoms with Crippen molar-refractivity contribution >= 4 is 34.0 Å². The molecule has 0 saturated carbocycles. The van der Waals surface area contributed by atoms with Gasteiger partial charge in [0, 0.05) is 17.9 Å². The molecule has 160 valence electrons. The number of carbonyl (C=O) groups is 1. The fourth-order valence-corrected chi connectivity index (χ4v) is 4.67. The van der Waals surface area contributed by atoms with Crippen LogP contribution >= 0.6 is 23.1 Å². The van der Waals surface area contributed by atoms with Gasteiger partial charge in [-0.05, 0) is 42.6 Å². The van der Waals surface area contributed by atoms with Gasteiger partial charge in [0.2, 0.25) is 5.91 Å². The molecule has 0 unspecified atom stereocenters. The number of halogens is 1. The summed E-state index contributed by atoms with van der Waals surface area (Å²) in [5, 5.41) is 23.2. The van der Waals surface area contributed by atoms with Crippen LogP contribution in [0.15, 0.2) is 65.1 Å². The highest BCUT2D eigenvalue weighted by molar-refractivity contribution is 7.99. The Morgan fingerprint density at radius 3 is 2.72 bits per heavy atom. The maximum absolute atomic E-state index is 14.5. The molecule has 0 radical (unpaired) electrons. The van der Waals surface area contributed by atoms with E-state index in [0.717, 1.165) is 11.3 Å². The van der Waals surface area contributed by atoms with Crippen molar-refractivity contribution in [3.8, 4) is 23.1 Å². The maximum Gasteiger partial charge on any atom is 0.225 e. The Balaban J connectivity index is 1.55. The average molecular weight is 464 g/mol. The molecule has 0 spiro atoms. The van der Waals surface area contributed by atoms with Crippen molar-refractivity contribution in [1.29, 1.82) is 5.26 Å². The van der Waals surface area contributed by atoms with Gasteiger partial charge in [-0.1, -0.05) is 41.6 Å². The number of aromatic nitrogens is 3. The van der Waals surface area contributed by atoms with E-state index in [1.165, 1.54) is 29.2 Å². The summed E-state index contributed by atoms with van der Waals surface area (Å²) in [6, 6.07) is 18.0. The molecule has 2 aromatic carbocycles. The fraction of sp³-hybridized carbons (Fsp3) is 0.130. The van der Waals surface area contributed by atoms with Crippen molar-refractivity contribution in [3.05, 3.63) is 76.9 Å². The molecule has 1 amide bonds. The van der Waals surface area contributed by atoms with E-state index in [1.54, 1.807) is 34.2 Å². The SMILES string of the molecule is Cc1ccc(-n2c(SCCC(=O)Nc3sccc3C#N)nnc2-c2ccccc2F)cc1. The summed E-state index contributed by atoms with van der Waals surface area (Å²) in [6.45, 7) is 1.99. The van der Waals surface area contributed by atoms with Crippen molar-refractivity contribution in [2.75, 3.05) is 11.1 Å². The molecule has 32 heavy (non-hydrogen) atoms. The molecular formula is C23H18FN5OS2. The summed E-state index contributed by atoms with van der Waals surface area (Å²) in [6.07, 6.45) is 0.225. The number of thioether (sulfide) groups is 1. The van der Waals surface area contributed by atoms with E-state index in [-0.39, 0.29) is 18.1 Å². The summed E-state index contributed by atoms with van der Waals surface area (Å²) in [7, 11) is 0. The zero-order chi connectivity index (χ0) is 22.5. The van der Waals surface area contributed by atoms with Crippen molar-refractivity contribution in [1.82, 2.24) is 14.8 Å². The Hall–Kier alpha value is -3.48. The second kappa shape index (κ2) is 9.77. The molecule has 4 aromatic rings. The number of anilines is 1. The van der Waals surface area contributed by atoms with Crippen LogP contribution in [0.3, 0.4) is 0 Å². The number of nitrogens with one attached hydrogen (secondary N) is 1. The molecule has 0 aliphatic rings. The van der Waals surface area contributed by atoms with Gasteiger partial charge in [0.05, 0.1) is 11.1 Å². The largest absolute Gasteiger partial charge is 0.317 e. The molecule has 4 rings (SSSR count). The number of nitriles is 1. The molecule has 2 aromatic heterocycles. The van der Waals surface area contributed by atoms with Gasteiger partial charge in [0.15, 0.2) is 11.0 Å². The topological polar surface area (TPSA) is 83.6 Å². The van der Waals surface area contributed by atoms with Gasteiger partial charge in [-0.3, -0.25) is 9.36 Å². The summed E-state index contributed by atoms with van der Waals surface area (Å²) in [5.41, 5.74) is 2.71. The summed E-state index contributed by atoms with van der Waals surface area (Å²) >= 11 is 2.68. The highest BCUT2D eigenvalue weighted by atomic mass is 32.2. The van der Waals surface area contributed by atoms with E-state index < -0.39 is 0 Å². The van der Waals surface area contributed by atoms with Crippen molar-refractivity contribution in [3.63, 3.8) is 0 Å². The van der Waals surface area contributed by atoms with E-state index in [1.807, 2.05) is 31.2 Å². The Morgan fingerprint density at radius 2 is 1.97 bits per heavy atom. The van der Waals surface area contributed by atoms with E-state index in [2.05, 4.69) is 21.6 Å². The van der Waals surface area contributed by atoms with Crippen LogP contribution < -0.4 is 5.32 Å². The molecule has 6 nitrogen and oxygen atoms in total. The van der Waals surface area contributed by atoms with Gasteiger partial charge in [0.1, 0.15) is 16.9 Å². The molecule has 9 heteroatoms. The highest BCUT2D eigenvalue weighted by Gasteiger charge is 2.19. The predicted molar refractivity (Wildman–Crippen MR) is 124 cm³/mol. The quantitative estimate of drug-likeness (QED) is 0.369. The van der Waals surface area contributed by atoms with Crippen LogP contribution in [0.5, 0.6) is 0 Å². The lowest BCUT2D eigenvalue weighted by Gasteiger charge is -2.11. The maximum atomic E-state index is 14.5. The molecular weight excluding hydrogens is 445 g/mol. The lowest BCUT2D eigenvalue weighted by molar-refractivity contribution is -0.115. The minimum Gasteiger partial charge on any atom is -0.317 e. The number of hydrogen-bond acceptors (Lipinski definition) is 6. The first-order valence-electron chi connectivity index (χ1n) is 9.74. The van der Waals surface area contributed by atoms with Gasteiger partial charge in [-0.2, -0.15) is 5.26 Å². The standard InChI is InChI=1S/C23H18FN5OS2/c1-15-6-8-17(9-7-15)29-21(18-4-2-3-5-19(18)24)27-28-23(29)32-13-11-20(30)26-22-16(14-25)10-12-31-22/h2-10,12H,11,13H2,1H3,(H,26,30). The van der Waals surface area contributed by atoms with Crippen LogP contribution in [0.25, 0.3) is 17.1 Å². The summed E-state index contributed by atoms with van der Waals surface area (Å²) in [4.78, 5) is 12.3. The zero-order valence-electron chi connectivity index (χ0n) is 17.1. The van der Waals surface area contributed by atoms with E-state index in [0.29, 0.717) is 32.9 Å². The van der Waals surface area contributed by atoms with Crippen LogP contribution in [0.2, 0.25) is 0 Å². The van der Waals surface area contributed by atoms with Gasteiger partial charge in [-0.15, -0.1) is 21.5 Å².